The third-order valence-electron chi connectivity index (χ3n) is 4.14. The summed E-state index contributed by atoms with van der Waals surface area (Å²) >= 11 is 3.40. The van der Waals surface area contributed by atoms with E-state index in [1.54, 1.807) is 18.2 Å². The fourth-order valence-electron chi connectivity index (χ4n) is 2.75. The zero-order valence-electron chi connectivity index (χ0n) is 15.1. The number of nitrogens with zero attached hydrogens (tertiary/aromatic N) is 2. The van der Waals surface area contributed by atoms with E-state index in [9.17, 15) is 20.2 Å². The maximum absolute atomic E-state index is 11.6. The highest BCUT2D eigenvalue weighted by Gasteiger charge is 2.24. The Morgan fingerprint density at radius 3 is 1.86 bits per heavy atom. The van der Waals surface area contributed by atoms with Crippen LogP contribution in [-0.4, -0.2) is 9.85 Å². The molecular formula is C22H15BrN2O4. The van der Waals surface area contributed by atoms with E-state index in [-0.39, 0.29) is 22.5 Å². The van der Waals surface area contributed by atoms with Crippen LogP contribution in [0.2, 0.25) is 0 Å². The largest absolute Gasteiger partial charge is 0.284 e. The molecule has 0 atom stereocenters. The molecule has 0 fully saturated rings. The molecule has 144 valence electrons. The van der Waals surface area contributed by atoms with Crippen LogP contribution in [0.4, 0.5) is 11.4 Å². The van der Waals surface area contributed by atoms with Gasteiger partial charge >= 0.3 is 0 Å². The molecule has 0 radical (unpaired) electrons. The molecule has 0 aromatic heterocycles. The van der Waals surface area contributed by atoms with Crippen molar-refractivity contribution < 1.29 is 9.85 Å². The molecule has 3 aromatic rings. The van der Waals surface area contributed by atoms with E-state index in [0.29, 0.717) is 4.48 Å². The quantitative estimate of drug-likeness (QED) is 0.241. The van der Waals surface area contributed by atoms with Crippen LogP contribution in [0, 0.1) is 20.2 Å². The third-order valence-corrected chi connectivity index (χ3v) is 4.80. The summed E-state index contributed by atoms with van der Waals surface area (Å²) in [4.78, 5) is 21.8. The van der Waals surface area contributed by atoms with Crippen molar-refractivity contribution in [1.82, 2.24) is 0 Å². The Kier molecular flexibility index (Phi) is 6.31. The zero-order valence-corrected chi connectivity index (χ0v) is 16.7. The Hall–Kier alpha value is -3.58. The van der Waals surface area contributed by atoms with Crippen LogP contribution < -0.4 is 0 Å². The van der Waals surface area contributed by atoms with E-state index in [1.165, 1.54) is 6.07 Å². The first-order chi connectivity index (χ1) is 14.0. The van der Waals surface area contributed by atoms with Gasteiger partial charge in [0.2, 0.25) is 0 Å². The number of nitro benzene ring substituents is 2. The number of hydrogen-bond donors (Lipinski definition) is 0. The van der Waals surface area contributed by atoms with Gasteiger partial charge in [0, 0.05) is 4.48 Å². The predicted molar refractivity (Wildman–Crippen MR) is 118 cm³/mol. The fourth-order valence-corrected chi connectivity index (χ4v) is 3.33. The molecule has 0 aliphatic carbocycles. The van der Waals surface area contributed by atoms with E-state index in [1.807, 2.05) is 60.7 Å². The normalized spacial score (nSPS) is 11.6. The van der Waals surface area contributed by atoms with Crippen LogP contribution in [0.15, 0.2) is 72.8 Å². The smallest absolute Gasteiger partial charge is 0.258 e. The van der Waals surface area contributed by atoms with Crippen LogP contribution in [0.5, 0.6) is 0 Å². The van der Waals surface area contributed by atoms with Crippen LogP contribution in [-0.2, 0) is 0 Å². The first-order valence-electron chi connectivity index (χ1n) is 8.58. The minimum atomic E-state index is -0.618. The van der Waals surface area contributed by atoms with Gasteiger partial charge in [0.05, 0.1) is 27.0 Å². The molecule has 0 saturated heterocycles. The van der Waals surface area contributed by atoms with Crippen molar-refractivity contribution in [2.75, 3.05) is 0 Å². The minimum Gasteiger partial charge on any atom is -0.258 e. The Balaban J connectivity index is 2.14. The fraction of sp³-hybridized carbons (Fsp3) is 0. The summed E-state index contributed by atoms with van der Waals surface area (Å²) in [6.45, 7) is 0. The van der Waals surface area contributed by atoms with E-state index in [2.05, 4.69) is 15.9 Å². The lowest BCUT2D eigenvalue weighted by molar-refractivity contribution is -0.394. The average Bonchev–Trinajstić information content (AvgIpc) is 2.72. The Bertz CT molecular complexity index is 1110. The number of nitro groups is 2. The highest BCUT2D eigenvalue weighted by molar-refractivity contribution is 9.15. The molecule has 29 heavy (non-hydrogen) atoms. The average molecular weight is 451 g/mol. The standard InChI is InChI=1S/C22H15BrN2O4/c23-20(13-17-9-5-2-6-10-17)19-14-18(12-11-16-7-3-1-4-8-16)21(24(26)27)15-22(19)25(28)29/h1-15H/b12-11?,20-13+. The van der Waals surface area contributed by atoms with Gasteiger partial charge in [0.15, 0.2) is 0 Å². The summed E-state index contributed by atoms with van der Waals surface area (Å²) < 4.78 is 0.458. The second-order valence-electron chi connectivity index (χ2n) is 6.09. The van der Waals surface area contributed by atoms with Crippen molar-refractivity contribution in [1.29, 1.82) is 0 Å². The maximum Gasteiger partial charge on any atom is 0.284 e. The van der Waals surface area contributed by atoms with Crippen molar-refractivity contribution in [2.24, 2.45) is 0 Å². The topological polar surface area (TPSA) is 86.3 Å². The predicted octanol–water partition coefficient (Wildman–Crippen LogP) is 6.57. The number of halogens is 1. The van der Waals surface area contributed by atoms with E-state index >= 15 is 0 Å². The van der Waals surface area contributed by atoms with Gasteiger partial charge in [-0.05, 0) is 45.3 Å². The molecule has 3 aromatic carbocycles. The van der Waals surface area contributed by atoms with Crippen molar-refractivity contribution in [3.8, 4) is 0 Å². The molecule has 0 unspecified atom stereocenters. The molecule has 0 heterocycles. The monoisotopic (exact) mass is 450 g/mol. The van der Waals surface area contributed by atoms with Crippen LogP contribution in [0.1, 0.15) is 22.3 Å². The lowest BCUT2D eigenvalue weighted by Gasteiger charge is -2.06. The SMILES string of the molecule is O=[N+]([O-])c1cc([N+](=O)[O-])c(/C(Br)=C\c2ccccc2)cc1C=Cc1ccccc1. The third kappa shape index (κ3) is 5.03. The summed E-state index contributed by atoms with van der Waals surface area (Å²) in [7, 11) is 0. The molecule has 0 aliphatic rings. The van der Waals surface area contributed by atoms with Crippen LogP contribution >= 0.6 is 15.9 Å². The molecule has 0 spiro atoms. The summed E-state index contributed by atoms with van der Waals surface area (Å²) in [6.07, 6.45) is 5.05. The summed E-state index contributed by atoms with van der Waals surface area (Å²) in [5.41, 5.74) is 1.57. The maximum atomic E-state index is 11.6. The van der Waals surface area contributed by atoms with E-state index < -0.39 is 9.85 Å². The summed E-state index contributed by atoms with van der Waals surface area (Å²) in [6, 6.07) is 21.0. The summed E-state index contributed by atoms with van der Waals surface area (Å²) in [5, 5.41) is 23.1. The first-order valence-corrected chi connectivity index (χ1v) is 9.37. The molecule has 0 aliphatic heterocycles. The second-order valence-corrected chi connectivity index (χ2v) is 6.94. The zero-order chi connectivity index (χ0) is 20.8. The molecule has 6 nitrogen and oxygen atoms in total. The molecule has 3 rings (SSSR count). The van der Waals surface area contributed by atoms with Crippen molar-refractivity contribution in [2.45, 2.75) is 0 Å². The molecule has 0 amide bonds. The van der Waals surface area contributed by atoms with Gasteiger partial charge in [0.1, 0.15) is 0 Å². The second kappa shape index (κ2) is 9.07. The molecule has 0 N–H and O–H groups in total. The lowest BCUT2D eigenvalue weighted by atomic mass is 10.0. The first kappa shape index (κ1) is 20.2. The Labute approximate surface area is 175 Å². The van der Waals surface area contributed by atoms with Gasteiger partial charge in [-0.2, -0.15) is 0 Å². The highest BCUT2D eigenvalue weighted by Crippen LogP contribution is 2.37. The van der Waals surface area contributed by atoms with Crippen molar-refractivity contribution >= 4 is 50.0 Å². The molecular weight excluding hydrogens is 436 g/mol. The highest BCUT2D eigenvalue weighted by atomic mass is 79.9. The van der Waals surface area contributed by atoms with Gasteiger partial charge in [-0.15, -0.1) is 0 Å². The minimum absolute atomic E-state index is 0.261. The molecule has 0 bridgehead atoms. The van der Waals surface area contributed by atoms with Gasteiger partial charge in [-0.3, -0.25) is 20.2 Å². The summed E-state index contributed by atoms with van der Waals surface area (Å²) in [5.74, 6) is 0. The van der Waals surface area contributed by atoms with Crippen LogP contribution in [0.3, 0.4) is 0 Å². The van der Waals surface area contributed by atoms with E-state index in [4.69, 9.17) is 0 Å². The number of hydrogen-bond acceptors (Lipinski definition) is 4. The lowest BCUT2D eigenvalue weighted by Crippen LogP contribution is -1.99. The Morgan fingerprint density at radius 1 is 0.759 bits per heavy atom. The molecule has 7 heteroatoms. The van der Waals surface area contributed by atoms with Crippen molar-refractivity contribution in [3.05, 3.63) is 115 Å². The van der Waals surface area contributed by atoms with Crippen LogP contribution in [0.25, 0.3) is 22.7 Å². The molecule has 0 saturated carbocycles. The van der Waals surface area contributed by atoms with Gasteiger partial charge in [-0.1, -0.05) is 66.7 Å². The number of rotatable bonds is 6. The van der Waals surface area contributed by atoms with Gasteiger partial charge in [0.25, 0.3) is 11.4 Å². The van der Waals surface area contributed by atoms with Gasteiger partial charge < -0.3 is 0 Å². The number of benzene rings is 3. The van der Waals surface area contributed by atoms with E-state index in [0.717, 1.165) is 17.2 Å². The Morgan fingerprint density at radius 2 is 1.31 bits per heavy atom. The van der Waals surface area contributed by atoms with Gasteiger partial charge in [-0.25, -0.2) is 0 Å². The van der Waals surface area contributed by atoms with Crippen molar-refractivity contribution in [3.63, 3.8) is 0 Å².